The van der Waals surface area contributed by atoms with E-state index in [1.54, 1.807) is 7.11 Å². The van der Waals surface area contributed by atoms with Gasteiger partial charge < -0.3 is 19.8 Å². The summed E-state index contributed by atoms with van der Waals surface area (Å²) in [6.45, 7) is 0.0759. The maximum absolute atomic E-state index is 11.7. The molecule has 0 bridgehead atoms. The van der Waals surface area contributed by atoms with E-state index in [9.17, 15) is 9.59 Å². The molecule has 0 saturated carbocycles. The number of benzene rings is 1. The first-order valence-corrected chi connectivity index (χ1v) is 7.37. The van der Waals surface area contributed by atoms with Crippen LogP contribution in [-0.4, -0.2) is 37.1 Å². The van der Waals surface area contributed by atoms with Gasteiger partial charge in [-0.15, -0.1) is 0 Å². The molecular formula is C16H17ClN2O4. The number of H-pyrrole nitrogens is 1. The molecule has 1 amide bonds. The number of rotatable bonds is 7. The molecule has 0 fully saturated rings. The Morgan fingerprint density at radius 2 is 2.09 bits per heavy atom. The second-order valence-corrected chi connectivity index (χ2v) is 5.16. The number of hydrogen-bond acceptors (Lipinski definition) is 4. The molecule has 1 aromatic heterocycles. The van der Waals surface area contributed by atoms with Gasteiger partial charge in [-0.1, -0.05) is 29.8 Å². The van der Waals surface area contributed by atoms with Crippen molar-refractivity contribution in [2.45, 2.75) is 6.42 Å². The Balaban J connectivity index is 1.72. The van der Waals surface area contributed by atoms with Gasteiger partial charge in [0.1, 0.15) is 11.4 Å². The van der Waals surface area contributed by atoms with Gasteiger partial charge in [-0.3, -0.25) is 4.79 Å². The number of aromatic nitrogens is 1. The van der Waals surface area contributed by atoms with E-state index in [1.807, 2.05) is 24.3 Å². The molecule has 2 aromatic rings. The molecular weight excluding hydrogens is 320 g/mol. The summed E-state index contributed by atoms with van der Waals surface area (Å²) < 4.78 is 10.1. The third kappa shape index (κ3) is 5.03. The van der Waals surface area contributed by atoms with E-state index >= 15 is 0 Å². The molecule has 1 heterocycles. The largest absolute Gasteiger partial charge is 0.496 e. The summed E-state index contributed by atoms with van der Waals surface area (Å²) in [7, 11) is 1.60. The highest BCUT2D eigenvalue weighted by atomic mass is 35.5. The molecule has 0 aliphatic heterocycles. The number of hydrogen-bond donors (Lipinski definition) is 2. The van der Waals surface area contributed by atoms with Gasteiger partial charge >= 0.3 is 5.97 Å². The van der Waals surface area contributed by atoms with Crippen LogP contribution in [0.25, 0.3) is 0 Å². The third-order valence-corrected chi connectivity index (χ3v) is 3.33. The molecule has 0 radical (unpaired) electrons. The highest BCUT2D eigenvalue weighted by Gasteiger charge is 2.12. The van der Waals surface area contributed by atoms with E-state index in [0.29, 0.717) is 18.0 Å². The van der Waals surface area contributed by atoms with Crippen molar-refractivity contribution in [2.75, 3.05) is 20.3 Å². The van der Waals surface area contributed by atoms with E-state index in [4.69, 9.17) is 21.1 Å². The molecule has 23 heavy (non-hydrogen) atoms. The fraction of sp³-hybridized carbons (Fsp3) is 0.250. The highest BCUT2D eigenvalue weighted by molar-refractivity contribution is 6.30. The number of amides is 1. The maximum atomic E-state index is 11.7. The molecule has 2 rings (SSSR count). The molecule has 7 heteroatoms. The van der Waals surface area contributed by atoms with Crippen LogP contribution in [0.15, 0.2) is 36.5 Å². The van der Waals surface area contributed by atoms with Crippen LogP contribution in [0.1, 0.15) is 16.1 Å². The van der Waals surface area contributed by atoms with Crippen molar-refractivity contribution in [1.29, 1.82) is 0 Å². The lowest BCUT2D eigenvalue weighted by Gasteiger charge is -2.09. The normalized spacial score (nSPS) is 10.2. The van der Waals surface area contributed by atoms with E-state index in [1.165, 1.54) is 12.3 Å². The van der Waals surface area contributed by atoms with Gasteiger partial charge in [0.15, 0.2) is 6.61 Å². The van der Waals surface area contributed by atoms with Crippen molar-refractivity contribution >= 4 is 23.5 Å². The molecule has 0 saturated heterocycles. The summed E-state index contributed by atoms with van der Waals surface area (Å²) in [6.07, 6.45) is 2.08. The van der Waals surface area contributed by atoms with E-state index in [2.05, 4.69) is 10.3 Å². The molecule has 2 N–H and O–H groups in total. The van der Waals surface area contributed by atoms with E-state index < -0.39 is 5.97 Å². The van der Waals surface area contributed by atoms with Crippen molar-refractivity contribution in [2.24, 2.45) is 0 Å². The minimum atomic E-state index is -0.628. The number of ether oxygens (including phenoxy) is 2. The first kappa shape index (κ1) is 16.9. The van der Waals surface area contributed by atoms with E-state index in [0.717, 1.165) is 11.3 Å². The zero-order chi connectivity index (χ0) is 16.7. The van der Waals surface area contributed by atoms with Crippen LogP contribution in [-0.2, 0) is 16.0 Å². The average molecular weight is 337 g/mol. The zero-order valence-corrected chi connectivity index (χ0v) is 13.4. The lowest BCUT2D eigenvalue weighted by atomic mass is 10.1. The Kier molecular flexibility index (Phi) is 6.05. The van der Waals surface area contributed by atoms with Crippen molar-refractivity contribution in [3.8, 4) is 5.75 Å². The van der Waals surface area contributed by atoms with Gasteiger partial charge in [0, 0.05) is 12.7 Å². The van der Waals surface area contributed by atoms with Crippen LogP contribution in [0.4, 0.5) is 0 Å². The van der Waals surface area contributed by atoms with Gasteiger partial charge in [0.05, 0.1) is 12.1 Å². The number of carbonyl (C=O) groups excluding carboxylic acids is 2. The van der Waals surface area contributed by atoms with Gasteiger partial charge in [-0.25, -0.2) is 4.79 Å². The Bertz CT molecular complexity index is 684. The topological polar surface area (TPSA) is 80.4 Å². The quantitative estimate of drug-likeness (QED) is 0.759. The van der Waals surface area contributed by atoms with Crippen LogP contribution in [0, 0.1) is 0 Å². The molecule has 0 atom stereocenters. The molecule has 0 aliphatic carbocycles. The lowest BCUT2D eigenvalue weighted by Crippen LogP contribution is -2.30. The van der Waals surface area contributed by atoms with Gasteiger partial charge in [-0.05, 0) is 24.1 Å². The summed E-state index contributed by atoms with van der Waals surface area (Å²) in [5, 5.41) is 3.09. The molecule has 0 spiro atoms. The minimum absolute atomic E-state index is 0.205. The Hall–Kier alpha value is -2.47. The first-order valence-electron chi connectivity index (χ1n) is 7.00. The number of nitrogens with one attached hydrogen (secondary N) is 2. The summed E-state index contributed by atoms with van der Waals surface area (Å²) in [6, 6.07) is 9.01. The smallest absolute Gasteiger partial charge is 0.355 e. The van der Waals surface area contributed by atoms with Crippen LogP contribution < -0.4 is 10.1 Å². The predicted octanol–water partition coefficient (Wildman–Crippen LogP) is 2.19. The van der Waals surface area contributed by atoms with Crippen LogP contribution >= 0.6 is 11.6 Å². The second-order valence-electron chi connectivity index (χ2n) is 4.72. The summed E-state index contributed by atoms with van der Waals surface area (Å²) in [4.78, 5) is 26.0. The van der Waals surface area contributed by atoms with Crippen molar-refractivity contribution in [3.63, 3.8) is 0 Å². The number of esters is 1. The Morgan fingerprint density at radius 1 is 1.30 bits per heavy atom. The van der Waals surface area contributed by atoms with Crippen LogP contribution in [0.2, 0.25) is 5.02 Å². The second kappa shape index (κ2) is 8.24. The molecule has 122 valence electrons. The summed E-state index contributed by atoms with van der Waals surface area (Å²) >= 11 is 5.69. The fourth-order valence-corrected chi connectivity index (χ4v) is 2.16. The lowest BCUT2D eigenvalue weighted by molar-refractivity contribution is -0.124. The number of methoxy groups -OCH3 is 1. The number of para-hydroxylation sites is 1. The summed E-state index contributed by atoms with van der Waals surface area (Å²) in [5.74, 6) is -0.223. The standard InChI is InChI=1S/C16H17ClN2O4/c1-22-14-5-3-2-4-11(14)6-7-18-15(20)10-23-16(21)13-8-12(17)9-19-13/h2-5,8-9,19H,6-7,10H2,1H3,(H,18,20). The molecule has 0 unspecified atom stereocenters. The Morgan fingerprint density at radius 3 is 2.78 bits per heavy atom. The predicted molar refractivity (Wildman–Crippen MR) is 85.8 cm³/mol. The van der Waals surface area contributed by atoms with Crippen LogP contribution in [0.5, 0.6) is 5.75 Å². The first-order chi connectivity index (χ1) is 11.1. The number of halogens is 1. The molecule has 1 aromatic carbocycles. The van der Waals surface area contributed by atoms with E-state index in [-0.39, 0.29) is 18.2 Å². The Labute approximate surface area is 138 Å². The van der Waals surface area contributed by atoms with Crippen LogP contribution in [0.3, 0.4) is 0 Å². The average Bonchev–Trinajstić information content (AvgIpc) is 2.99. The van der Waals surface area contributed by atoms with Gasteiger partial charge in [0.25, 0.3) is 5.91 Å². The van der Waals surface area contributed by atoms with Gasteiger partial charge in [0.2, 0.25) is 0 Å². The summed E-state index contributed by atoms with van der Waals surface area (Å²) in [5.41, 5.74) is 1.20. The SMILES string of the molecule is COc1ccccc1CCNC(=O)COC(=O)c1cc(Cl)c[nH]1. The van der Waals surface area contributed by atoms with Crippen molar-refractivity contribution in [3.05, 3.63) is 52.8 Å². The van der Waals surface area contributed by atoms with Crippen molar-refractivity contribution < 1.29 is 19.1 Å². The number of carbonyl (C=O) groups is 2. The third-order valence-electron chi connectivity index (χ3n) is 3.11. The molecule has 0 aliphatic rings. The van der Waals surface area contributed by atoms with Crippen molar-refractivity contribution in [1.82, 2.24) is 10.3 Å². The number of aromatic amines is 1. The fourth-order valence-electron chi connectivity index (χ4n) is 1.99. The minimum Gasteiger partial charge on any atom is -0.496 e. The molecule has 6 nitrogen and oxygen atoms in total. The highest BCUT2D eigenvalue weighted by Crippen LogP contribution is 2.17. The monoisotopic (exact) mass is 336 g/mol. The maximum Gasteiger partial charge on any atom is 0.355 e. The van der Waals surface area contributed by atoms with Gasteiger partial charge in [-0.2, -0.15) is 0 Å². The zero-order valence-electron chi connectivity index (χ0n) is 12.6.